The molecule has 1 aliphatic rings. The molecule has 0 radical (unpaired) electrons. The Morgan fingerprint density at radius 2 is 1.72 bits per heavy atom. The van der Waals surface area contributed by atoms with Crippen LogP contribution in [0.5, 0.6) is 0 Å². The summed E-state index contributed by atoms with van der Waals surface area (Å²) in [4.78, 5) is 11.6. The molecular formula is C15H30N2O. The molecule has 1 aliphatic carbocycles. The number of rotatable bonds is 10. The summed E-state index contributed by atoms with van der Waals surface area (Å²) in [5, 5.41) is 3.02. The average molecular weight is 254 g/mol. The zero-order valence-corrected chi connectivity index (χ0v) is 11.9. The second-order valence-electron chi connectivity index (χ2n) is 5.77. The maximum absolute atomic E-state index is 11.6. The first-order valence-electron chi connectivity index (χ1n) is 7.74. The van der Waals surface area contributed by atoms with Gasteiger partial charge in [-0.25, -0.2) is 0 Å². The predicted molar refractivity (Wildman–Crippen MR) is 76.3 cm³/mol. The minimum atomic E-state index is 0.226. The molecule has 0 saturated heterocycles. The van der Waals surface area contributed by atoms with Crippen molar-refractivity contribution in [2.45, 2.75) is 77.2 Å². The highest BCUT2D eigenvalue weighted by Crippen LogP contribution is 2.24. The van der Waals surface area contributed by atoms with Crippen LogP contribution in [-0.4, -0.2) is 18.5 Å². The van der Waals surface area contributed by atoms with Crippen LogP contribution >= 0.6 is 0 Å². The minimum Gasteiger partial charge on any atom is -0.356 e. The van der Waals surface area contributed by atoms with Crippen LogP contribution in [0.25, 0.3) is 0 Å². The lowest BCUT2D eigenvalue weighted by Gasteiger charge is -2.32. The maximum Gasteiger partial charge on any atom is 0.220 e. The third kappa shape index (κ3) is 7.00. The number of carbonyl (C=O) groups excluding carboxylic acids is 1. The van der Waals surface area contributed by atoms with Crippen LogP contribution in [0.3, 0.4) is 0 Å². The molecule has 1 amide bonds. The number of nitrogens with two attached hydrogens (primary N) is 1. The van der Waals surface area contributed by atoms with Crippen molar-refractivity contribution in [1.29, 1.82) is 0 Å². The van der Waals surface area contributed by atoms with Gasteiger partial charge in [-0.3, -0.25) is 4.79 Å². The van der Waals surface area contributed by atoms with E-state index in [-0.39, 0.29) is 5.91 Å². The fraction of sp³-hybridized carbons (Fsp3) is 0.933. The van der Waals surface area contributed by atoms with Gasteiger partial charge in [0.2, 0.25) is 5.91 Å². The first-order valence-corrected chi connectivity index (χ1v) is 7.74. The molecule has 3 nitrogen and oxygen atoms in total. The molecular weight excluding hydrogens is 224 g/mol. The van der Waals surface area contributed by atoms with E-state index in [1.165, 1.54) is 38.5 Å². The summed E-state index contributed by atoms with van der Waals surface area (Å²) in [7, 11) is 0. The molecule has 106 valence electrons. The first-order chi connectivity index (χ1) is 8.72. The molecule has 0 bridgehead atoms. The van der Waals surface area contributed by atoms with Gasteiger partial charge in [-0.1, -0.05) is 45.4 Å². The highest BCUT2D eigenvalue weighted by Gasteiger charge is 2.25. The highest BCUT2D eigenvalue weighted by atomic mass is 16.1. The summed E-state index contributed by atoms with van der Waals surface area (Å²) in [5.41, 5.74) is 5.71. The lowest BCUT2D eigenvalue weighted by molar-refractivity contribution is -0.121. The Morgan fingerprint density at radius 3 is 2.33 bits per heavy atom. The van der Waals surface area contributed by atoms with Gasteiger partial charge in [-0.2, -0.15) is 0 Å². The molecule has 0 aromatic carbocycles. The average Bonchev–Trinajstić information content (AvgIpc) is 2.32. The van der Waals surface area contributed by atoms with E-state index < -0.39 is 0 Å². The van der Waals surface area contributed by atoms with E-state index in [1.807, 2.05) is 0 Å². The Kier molecular flexibility index (Phi) is 8.06. The van der Waals surface area contributed by atoms with Gasteiger partial charge < -0.3 is 11.1 Å². The summed E-state index contributed by atoms with van der Waals surface area (Å²) < 4.78 is 0. The largest absolute Gasteiger partial charge is 0.356 e. The zero-order valence-electron chi connectivity index (χ0n) is 11.9. The van der Waals surface area contributed by atoms with Gasteiger partial charge in [0.25, 0.3) is 0 Å². The van der Waals surface area contributed by atoms with E-state index in [2.05, 4.69) is 12.2 Å². The zero-order chi connectivity index (χ0) is 13.2. The van der Waals surface area contributed by atoms with E-state index in [9.17, 15) is 4.79 Å². The second-order valence-corrected chi connectivity index (χ2v) is 5.77. The van der Waals surface area contributed by atoms with Gasteiger partial charge in [0, 0.05) is 19.0 Å². The van der Waals surface area contributed by atoms with Crippen LogP contribution in [0, 0.1) is 5.92 Å². The van der Waals surface area contributed by atoms with Crippen LogP contribution in [0.15, 0.2) is 0 Å². The molecule has 3 N–H and O–H groups in total. The van der Waals surface area contributed by atoms with E-state index in [0.29, 0.717) is 18.4 Å². The lowest BCUT2D eigenvalue weighted by atomic mass is 9.81. The molecule has 0 unspecified atom stereocenters. The number of hydrogen-bond acceptors (Lipinski definition) is 2. The number of amides is 1. The van der Waals surface area contributed by atoms with Crippen molar-refractivity contribution < 1.29 is 4.79 Å². The van der Waals surface area contributed by atoms with Crippen molar-refractivity contribution in [2.24, 2.45) is 11.7 Å². The summed E-state index contributed by atoms with van der Waals surface area (Å²) in [6.45, 7) is 3.07. The lowest BCUT2D eigenvalue weighted by Crippen LogP contribution is -2.42. The van der Waals surface area contributed by atoms with Crippen molar-refractivity contribution in [1.82, 2.24) is 5.32 Å². The predicted octanol–water partition coefficient (Wildman–Crippen LogP) is 2.98. The quantitative estimate of drug-likeness (QED) is 0.589. The number of hydrogen-bond donors (Lipinski definition) is 2. The van der Waals surface area contributed by atoms with Gasteiger partial charge >= 0.3 is 0 Å². The molecule has 18 heavy (non-hydrogen) atoms. The smallest absolute Gasteiger partial charge is 0.220 e. The molecule has 0 aliphatic heterocycles. The fourth-order valence-electron chi connectivity index (χ4n) is 2.54. The normalized spacial score (nSPS) is 22.6. The number of nitrogens with one attached hydrogen (secondary N) is 1. The molecule has 0 spiro atoms. The Hall–Kier alpha value is -0.570. The van der Waals surface area contributed by atoms with Crippen molar-refractivity contribution in [3.63, 3.8) is 0 Å². The van der Waals surface area contributed by atoms with Crippen LogP contribution in [-0.2, 0) is 4.79 Å². The van der Waals surface area contributed by atoms with Gasteiger partial charge in [0.05, 0.1) is 0 Å². The van der Waals surface area contributed by atoms with Crippen LogP contribution in [0.4, 0.5) is 0 Å². The third-order valence-corrected chi connectivity index (χ3v) is 3.87. The summed E-state index contributed by atoms with van der Waals surface area (Å²) in [5.74, 6) is 0.863. The fourth-order valence-corrected chi connectivity index (χ4v) is 2.54. The molecule has 0 aromatic rings. The van der Waals surface area contributed by atoms with Crippen molar-refractivity contribution in [2.75, 3.05) is 6.54 Å². The molecule has 0 aromatic heterocycles. The Morgan fingerprint density at radius 1 is 1.11 bits per heavy atom. The van der Waals surface area contributed by atoms with Crippen molar-refractivity contribution in [3.8, 4) is 0 Å². The number of unbranched alkanes of at least 4 members (excludes halogenated alkanes) is 6. The van der Waals surface area contributed by atoms with Crippen LogP contribution in [0.2, 0.25) is 0 Å². The topological polar surface area (TPSA) is 55.1 Å². The van der Waals surface area contributed by atoms with E-state index in [0.717, 1.165) is 25.8 Å². The SMILES string of the molecule is CCCCCCCCCC(=O)NCC1CC(N)C1. The molecule has 3 heteroatoms. The summed E-state index contributed by atoms with van der Waals surface area (Å²) in [6.07, 6.45) is 11.7. The monoisotopic (exact) mass is 254 g/mol. The van der Waals surface area contributed by atoms with Gasteiger partial charge in [-0.05, 0) is 25.2 Å². The highest BCUT2D eigenvalue weighted by molar-refractivity contribution is 5.75. The van der Waals surface area contributed by atoms with Gasteiger partial charge in [0.15, 0.2) is 0 Å². The summed E-state index contributed by atoms with van der Waals surface area (Å²) in [6, 6.07) is 0.384. The minimum absolute atomic E-state index is 0.226. The summed E-state index contributed by atoms with van der Waals surface area (Å²) >= 11 is 0. The van der Waals surface area contributed by atoms with Crippen LogP contribution < -0.4 is 11.1 Å². The first kappa shape index (κ1) is 15.5. The standard InChI is InChI=1S/C15H30N2O/c1-2-3-4-5-6-7-8-9-15(18)17-12-13-10-14(16)11-13/h13-14H,2-12,16H2,1H3,(H,17,18). The maximum atomic E-state index is 11.6. The van der Waals surface area contributed by atoms with E-state index in [1.54, 1.807) is 0 Å². The third-order valence-electron chi connectivity index (χ3n) is 3.87. The molecule has 0 atom stereocenters. The van der Waals surface area contributed by atoms with Gasteiger partial charge in [-0.15, -0.1) is 0 Å². The van der Waals surface area contributed by atoms with Gasteiger partial charge in [0.1, 0.15) is 0 Å². The Balaban J connectivity index is 1.82. The van der Waals surface area contributed by atoms with Crippen molar-refractivity contribution in [3.05, 3.63) is 0 Å². The Labute approximate surface area is 112 Å². The molecule has 0 heterocycles. The molecule has 1 fully saturated rings. The molecule has 1 saturated carbocycles. The second kappa shape index (κ2) is 9.37. The number of carbonyl (C=O) groups is 1. The Bertz CT molecular complexity index is 225. The van der Waals surface area contributed by atoms with Crippen LogP contribution in [0.1, 0.15) is 71.1 Å². The molecule has 1 rings (SSSR count). The van der Waals surface area contributed by atoms with Crippen molar-refractivity contribution >= 4 is 5.91 Å². The van der Waals surface area contributed by atoms with E-state index in [4.69, 9.17) is 5.73 Å². The van der Waals surface area contributed by atoms with E-state index >= 15 is 0 Å².